The van der Waals surface area contributed by atoms with Crippen molar-refractivity contribution < 1.29 is 9.66 Å². The Morgan fingerprint density at radius 1 is 1.33 bits per heavy atom. The number of methoxy groups -OCH3 is 1. The number of nitro benzene ring substituents is 1. The van der Waals surface area contributed by atoms with Crippen molar-refractivity contribution >= 4 is 5.69 Å². The number of aromatic nitrogens is 1. The third-order valence-corrected chi connectivity index (χ3v) is 3.22. The van der Waals surface area contributed by atoms with Crippen molar-refractivity contribution in [2.45, 2.75) is 19.5 Å². The van der Waals surface area contributed by atoms with Gasteiger partial charge < -0.3 is 10.1 Å². The number of pyridine rings is 1. The number of non-ortho nitro benzene ring substituents is 1. The molecule has 2 aromatic rings. The average Bonchev–Trinajstić information content (AvgIpc) is 2.53. The van der Waals surface area contributed by atoms with E-state index in [0.717, 1.165) is 11.1 Å². The average molecular weight is 287 g/mol. The summed E-state index contributed by atoms with van der Waals surface area (Å²) in [7, 11) is 1.50. The van der Waals surface area contributed by atoms with E-state index in [4.69, 9.17) is 4.74 Å². The quantitative estimate of drug-likeness (QED) is 0.653. The molecular formula is C15H17N3O3. The van der Waals surface area contributed by atoms with Crippen LogP contribution in [-0.4, -0.2) is 17.0 Å². The molecule has 0 radical (unpaired) electrons. The largest absolute Gasteiger partial charge is 0.496 e. The molecule has 6 heteroatoms. The number of hydrogen-bond donors (Lipinski definition) is 1. The molecular weight excluding hydrogens is 270 g/mol. The summed E-state index contributed by atoms with van der Waals surface area (Å²) in [6, 6.07) is 8.75. The molecule has 2 rings (SSSR count). The van der Waals surface area contributed by atoms with Gasteiger partial charge in [-0.1, -0.05) is 0 Å². The van der Waals surface area contributed by atoms with Crippen LogP contribution in [0.4, 0.5) is 5.69 Å². The first-order chi connectivity index (χ1) is 10.1. The predicted molar refractivity (Wildman–Crippen MR) is 79.1 cm³/mol. The monoisotopic (exact) mass is 287 g/mol. The van der Waals surface area contributed by atoms with Crippen molar-refractivity contribution in [3.8, 4) is 5.75 Å². The van der Waals surface area contributed by atoms with Crippen LogP contribution in [0.2, 0.25) is 0 Å². The van der Waals surface area contributed by atoms with Crippen LogP contribution in [0.25, 0.3) is 0 Å². The van der Waals surface area contributed by atoms with Crippen LogP contribution < -0.4 is 10.1 Å². The summed E-state index contributed by atoms with van der Waals surface area (Å²) < 4.78 is 5.10. The summed E-state index contributed by atoms with van der Waals surface area (Å²) in [5.74, 6) is 0.484. The standard InChI is InChI=1S/C15H17N3O3/c1-11(13-3-5-16-6-4-13)17-10-12-7-14(18(19)20)9-15(8-12)21-2/h3-9,11,17H,10H2,1-2H3/t11-/m0/s1. The molecule has 0 saturated heterocycles. The van der Waals surface area contributed by atoms with Gasteiger partial charge in [-0.3, -0.25) is 15.1 Å². The molecule has 0 aliphatic rings. The molecule has 0 fully saturated rings. The highest BCUT2D eigenvalue weighted by Gasteiger charge is 2.11. The molecule has 0 spiro atoms. The minimum absolute atomic E-state index is 0.0303. The molecule has 1 heterocycles. The topological polar surface area (TPSA) is 77.3 Å². The molecule has 0 aliphatic carbocycles. The second-order valence-corrected chi connectivity index (χ2v) is 4.68. The van der Waals surface area contributed by atoms with E-state index in [1.165, 1.54) is 13.2 Å². The van der Waals surface area contributed by atoms with Crippen molar-refractivity contribution in [3.05, 3.63) is 64.0 Å². The summed E-state index contributed by atoms with van der Waals surface area (Å²) >= 11 is 0. The lowest BCUT2D eigenvalue weighted by Crippen LogP contribution is -2.18. The summed E-state index contributed by atoms with van der Waals surface area (Å²) in [5.41, 5.74) is 1.95. The van der Waals surface area contributed by atoms with E-state index in [2.05, 4.69) is 10.3 Å². The minimum atomic E-state index is -0.418. The van der Waals surface area contributed by atoms with E-state index in [-0.39, 0.29) is 11.7 Å². The van der Waals surface area contributed by atoms with Gasteiger partial charge in [-0.15, -0.1) is 0 Å². The number of nitrogens with one attached hydrogen (secondary N) is 1. The van der Waals surface area contributed by atoms with Crippen LogP contribution >= 0.6 is 0 Å². The van der Waals surface area contributed by atoms with Crippen molar-refractivity contribution in [3.63, 3.8) is 0 Å². The van der Waals surface area contributed by atoms with Gasteiger partial charge in [-0.2, -0.15) is 0 Å². The molecule has 0 bridgehead atoms. The number of nitrogens with zero attached hydrogens (tertiary/aromatic N) is 2. The summed E-state index contributed by atoms with van der Waals surface area (Å²) in [6.07, 6.45) is 3.48. The maximum Gasteiger partial charge on any atom is 0.273 e. The molecule has 21 heavy (non-hydrogen) atoms. The molecule has 1 atom stereocenters. The zero-order valence-corrected chi connectivity index (χ0v) is 11.9. The Bertz CT molecular complexity index is 617. The van der Waals surface area contributed by atoms with Gasteiger partial charge in [0.25, 0.3) is 5.69 Å². The second-order valence-electron chi connectivity index (χ2n) is 4.68. The second kappa shape index (κ2) is 6.81. The van der Waals surface area contributed by atoms with Crippen molar-refractivity contribution in [1.82, 2.24) is 10.3 Å². The lowest BCUT2D eigenvalue weighted by Gasteiger charge is -2.14. The molecule has 6 nitrogen and oxygen atoms in total. The van der Waals surface area contributed by atoms with E-state index in [0.29, 0.717) is 12.3 Å². The Hall–Kier alpha value is -2.47. The van der Waals surface area contributed by atoms with Crippen molar-refractivity contribution in [1.29, 1.82) is 0 Å². The van der Waals surface area contributed by atoms with Gasteiger partial charge in [0, 0.05) is 31.0 Å². The van der Waals surface area contributed by atoms with Gasteiger partial charge >= 0.3 is 0 Å². The SMILES string of the molecule is COc1cc(CN[C@@H](C)c2ccncc2)cc([N+](=O)[O-])c1. The maximum absolute atomic E-state index is 10.9. The zero-order chi connectivity index (χ0) is 15.2. The number of nitro groups is 1. The molecule has 0 aliphatic heterocycles. The first kappa shape index (κ1) is 14.9. The predicted octanol–water partition coefficient (Wildman–Crippen LogP) is 2.85. The fourth-order valence-electron chi connectivity index (χ4n) is 2.01. The van der Waals surface area contributed by atoms with Crippen molar-refractivity contribution in [2.75, 3.05) is 7.11 Å². The first-order valence-corrected chi connectivity index (χ1v) is 6.56. The molecule has 0 unspecified atom stereocenters. The van der Waals surface area contributed by atoms with Gasteiger partial charge in [0.15, 0.2) is 0 Å². The highest BCUT2D eigenvalue weighted by molar-refractivity contribution is 5.42. The van der Waals surface area contributed by atoms with Crippen LogP contribution in [0.3, 0.4) is 0 Å². The molecule has 0 amide bonds. The first-order valence-electron chi connectivity index (χ1n) is 6.56. The number of hydrogen-bond acceptors (Lipinski definition) is 5. The van der Waals surface area contributed by atoms with E-state index in [1.54, 1.807) is 24.5 Å². The molecule has 1 aromatic heterocycles. The summed E-state index contributed by atoms with van der Waals surface area (Å²) in [5, 5.41) is 14.2. The van der Waals surface area contributed by atoms with Crippen LogP contribution in [-0.2, 0) is 6.54 Å². The fraction of sp³-hybridized carbons (Fsp3) is 0.267. The highest BCUT2D eigenvalue weighted by atomic mass is 16.6. The Morgan fingerprint density at radius 2 is 2.05 bits per heavy atom. The lowest BCUT2D eigenvalue weighted by atomic mass is 10.1. The third-order valence-electron chi connectivity index (χ3n) is 3.22. The Kier molecular flexibility index (Phi) is 4.84. The van der Waals surface area contributed by atoms with Crippen molar-refractivity contribution in [2.24, 2.45) is 0 Å². The number of rotatable bonds is 6. The van der Waals surface area contributed by atoms with E-state index in [9.17, 15) is 10.1 Å². The maximum atomic E-state index is 10.9. The number of ether oxygens (including phenoxy) is 1. The molecule has 0 saturated carbocycles. The Labute approximate surface area is 122 Å². The summed E-state index contributed by atoms with van der Waals surface area (Å²) in [4.78, 5) is 14.5. The van der Waals surface area contributed by atoms with E-state index >= 15 is 0 Å². The fourth-order valence-corrected chi connectivity index (χ4v) is 2.01. The van der Waals surface area contributed by atoms with Gasteiger partial charge in [-0.25, -0.2) is 0 Å². The van der Waals surface area contributed by atoms with Gasteiger partial charge in [0.2, 0.25) is 0 Å². The number of benzene rings is 1. The van der Waals surface area contributed by atoms with Crippen LogP contribution in [0, 0.1) is 10.1 Å². The normalized spacial score (nSPS) is 11.9. The lowest BCUT2D eigenvalue weighted by molar-refractivity contribution is -0.385. The van der Waals surface area contributed by atoms with Crippen LogP contribution in [0.1, 0.15) is 24.1 Å². The van der Waals surface area contributed by atoms with E-state index < -0.39 is 4.92 Å². The molecule has 1 aromatic carbocycles. The Morgan fingerprint density at radius 3 is 2.67 bits per heavy atom. The zero-order valence-electron chi connectivity index (χ0n) is 11.9. The Balaban J connectivity index is 2.09. The molecule has 110 valence electrons. The summed E-state index contributed by atoms with van der Waals surface area (Å²) in [6.45, 7) is 2.55. The van der Waals surface area contributed by atoms with Crippen LogP contribution in [0.5, 0.6) is 5.75 Å². The smallest absolute Gasteiger partial charge is 0.273 e. The van der Waals surface area contributed by atoms with Gasteiger partial charge in [-0.05, 0) is 36.2 Å². The van der Waals surface area contributed by atoms with Gasteiger partial charge in [0.05, 0.1) is 18.1 Å². The van der Waals surface area contributed by atoms with E-state index in [1.807, 2.05) is 19.1 Å². The third kappa shape index (κ3) is 4.00. The minimum Gasteiger partial charge on any atom is -0.496 e. The molecule has 1 N–H and O–H groups in total. The highest BCUT2D eigenvalue weighted by Crippen LogP contribution is 2.23. The van der Waals surface area contributed by atoms with Gasteiger partial charge in [0.1, 0.15) is 5.75 Å². The van der Waals surface area contributed by atoms with Crippen LogP contribution in [0.15, 0.2) is 42.7 Å².